The summed E-state index contributed by atoms with van der Waals surface area (Å²) in [5.41, 5.74) is 4.48. The maximum atomic E-state index is 4.34. The van der Waals surface area contributed by atoms with Gasteiger partial charge in [-0.2, -0.15) is 0 Å². The summed E-state index contributed by atoms with van der Waals surface area (Å²) in [6.07, 6.45) is 4.97. The van der Waals surface area contributed by atoms with Gasteiger partial charge in [-0.05, 0) is 31.9 Å². The lowest BCUT2D eigenvalue weighted by molar-refractivity contribution is 0.103. The average Bonchev–Trinajstić information content (AvgIpc) is 2.99. The third kappa shape index (κ3) is 3.72. The van der Waals surface area contributed by atoms with Gasteiger partial charge in [0.05, 0.1) is 11.2 Å². The number of pyridine rings is 1. The number of nitrogens with zero attached hydrogens (tertiary/aromatic N) is 4. The fourth-order valence-corrected chi connectivity index (χ4v) is 3.80. The quantitative estimate of drug-likeness (QED) is 0.849. The Morgan fingerprint density at radius 3 is 2.73 bits per heavy atom. The van der Waals surface area contributed by atoms with E-state index < -0.39 is 0 Å². The lowest BCUT2D eigenvalue weighted by Gasteiger charge is -2.38. The van der Waals surface area contributed by atoms with Gasteiger partial charge in [0.1, 0.15) is 0 Å². The van der Waals surface area contributed by atoms with Crippen molar-refractivity contribution in [3.8, 4) is 0 Å². The maximum Gasteiger partial charge on any atom is 0.0797 e. The molecule has 118 valence electrons. The van der Waals surface area contributed by atoms with Gasteiger partial charge in [0.15, 0.2) is 0 Å². The second-order valence-electron chi connectivity index (χ2n) is 5.95. The van der Waals surface area contributed by atoms with Crippen LogP contribution < -0.4 is 0 Å². The van der Waals surface area contributed by atoms with E-state index in [1.807, 2.05) is 24.0 Å². The van der Waals surface area contributed by atoms with Crippen LogP contribution in [0.15, 0.2) is 30.0 Å². The molecule has 0 bridgehead atoms. The van der Waals surface area contributed by atoms with Crippen LogP contribution in [0, 0.1) is 6.92 Å². The zero-order chi connectivity index (χ0) is 15.4. The molecule has 0 radical (unpaired) electrons. The largest absolute Gasteiger partial charge is 0.300 e. The molecular weight excluding hydrogens is 292 g/mol. The smallest absolute Gasteiger partial charge is 0.0797 e. The first-order chi connectivity index (χ1) is 10.7. The lowest BCUT2D eigenvalue weighted by Crippen LogP contribution is -2.47. The highest BCUT2D eigenvalue weighted by Gasteiger charge is 2.22. The van der Waals surface area contributed by atoms with Crippen LogP contribution in [0.3, 0.4) is 0 Å². The van der Waals surface area contributed by atoms with E-state index in [2.05, 4.69) is 39.7 Å². The third-order valence-corrected chi connectivity index (χ3v) is 5.62. The molecule has 3 rings (SSSR count). The number of thiazole rings is 1. The summed E-state index contributed by atoms with van der Waals surface area (Å²) in [5.74, 6) is 0. The SMILES string of the molecule is Cc1ncsc1CCN1CCN(C(C)c2cccnc2)CC1. The fourth-order valence-electron chi connectivity index (χ4n) is 3.03. The zero-order valence-corrected chi connectivity index (χ0v) is 14.2. The van der Waals surface area contributed by atoms with E-state index in [1.165, 1.54) is 16.1 Å². The van der Waals surface area contributed by atoms with Gasteiger partial charge < -0.3 is 4.90 Å². The van der Waals surface area contributed by atoms with Crippen LogP contribution in [0.2, 0.25) is 0 Å². The molecule has 1 atom stereocenters. The Morgan fingerprint density at radius 2 is 2.09 bits per heavy atom. The maximum absolute atomic E-state index is 4.34. The number of aromatic nitrogens is 2. The molecule has 0 saturated carbocycles. The van der Waals surface area contributed by atoms with Crippen molar-refractivity contribution < 1.29 is 0 Å². The minimum atomic E-state index is 0.458. The lowest BCUT2D eigenvalue weighted by atomic mass is 10.1. The van der Waals surface area contributed by atoms with Crippen molar-refractivity contribution in [3.63, 3.8) is 0 Å². The highest BCUT2D eigenvalue weighted by atomic mass is 32.1. The molecular formula is C17H24N4S. The van der Waals surface area contributed by atoms with Gasteiger partial charge in [-0.15, -0.1) is 11.3 Å². The molecule has 2 aromatic heterocycles. The molecule has 4 nitrogen and oxygen atoms in total. The van der Waals surface area contributed by atoms with Crippen LogP contribution >= 0.6 is 11.3 Å². The molecule has 2 aromatic rings. The summed E-state index contributed by atoms with van der Waals surface area (Å²) in [4.78, 5) is 15.1. The van der Waals surface area contributed by atoms with Gasteiger partial charge in [-0.1, -0.05) is 6.07 Å². The summed E-state index contributed by atoms with van der Waals surface area (Å²) in [7, 11) is 0. The highest BCUT2D eigenvalue weighted by Crippen LogP contribution is 2.21. The fraction of sp³-hybridized carbons (Fsp3) is 0.529. The van der Waals surface area contributed by atoms with Crippen molar-refractivity contribution in [2.75, 3.05) is 32.7 Å². The molecule has 1 aliphatic heterocycles. The van der Waals surface area contributed by atoms with E-state index in [0.717, 1.165) is 39.1 Å². The molecule has 22 heavy (non-hydrogen) atoms. The van der Waals surface area contributed by atoms with Gasteiger partial charge in [0.25, 0.3) is 0 Å². The number of aryl methyl sites for hydroxylation is 1. The van der Waals surface area contributed by atoms with Crippen LogP contribution in [0.5, 0.6) is 0 Å². The van der Waals surface area contributed by atoms with Gasteiger partial charge in [0, 0.05) is 56.0 Å². The van der Waals surface area contributed by atoms with Gasteiger partial charge in [-0.3, -0.25) is 9.88 Å². The van der Waals surface area contributed by atoms with Gasteiger partial charge in [-0.25, -0.2) is 4.98 Å². The first kappa shape index (κ1) is 15.6. The summed E-state index contributed by atoms with van der Waals surface area (Å²) in [6.45, 7) is 10.1. The van der Waals surface area contributed by atoms with Gasteiger partial charge >= 0.3 is 0 Å². The monoisotopic (exact) mass is 316 g/mol. The predicted octanol–water partition coefficient (Wildman–Crippen LogP) is 2.77. The molecule has 1 aliphatic rings. The molecule has 0 aromatic carbocycles. The second-order valence-corrected chi connectivity index (χ2v) is 6.89. The molecule has 0 N–H and O–H groups in total. The van der Waals surface area contributed by atoms with Gasteiger partial charge in [0.2, 0.25) is 0 Å². The van der Waals surface area contributed by atoms with Crippen LogP contribution in [-0.4, -0.2) is 52.5 Å². The van der Waals surface area contributed by atoms with Crippen LogP contribution in [0.25, 0.3) is 0 Å². The molecule has 0 amide bonds. The first-order valence-electron chi connectivity index (χ1n) is 7.99. The van der Waals surface area contributed by atoms with E-state index in [-0.39, 0.29) is 0 Å². The van der Waals surface area contributed by atoms with Crippen LogP contribution in [0.1, 0.15) is 29.1 Å². The minimum Gasteiger partial charge on any atom is -0.300 e. The topological polar surface area (TPSA) is 32.3 Å². The van der Waals surface area contributed by atoms with E-state index >= 15 is 0 Å². The standard InChI is InChI=1S/C17H24N4S/c1-14-17(22-13-19-14)5-7-20-8-10-21(11-9-20)15(2)16-4-3-6-18-12-16/h3-4,6,12-13,15H,5,7-11H2,1-2H3. The predicted molar refractivity (Wildman–Crippen MR) is 91.2 cm³/mol. The minimum absolute atomic E-state index is 0.458. The Bertz CT molecular complexity index is 575. The van der Waals surface area contributed by atoms with Crippen LogP contribution in [0.4, 0.5) is 0 Å². The van der Waals surface area contributed by atoms with E-state index in [0.29, 0.717) is 6.04 Å². The first-order valence-corrected chi connectivity index (χ1v) is 8.87. The van der Waals surface area contributed by atoms with Crippen molar-refractivity contribution in [1.82, 2.24) is 19.8 Å². The summed E-state index contributed by atoms with van der Waals surface area (Å²) < 4.78 is 0. The Hall–Kier alpha value is -1.30. The zero-order valence-electron chi connectivity index (χ0n) is 13.4. The Morgan fingerprint density at radius 1 is 1.27 bits per heavy atom. The second kappa shape index (κ2) is 7.31. The van der Waals surface area contributed by atoms with Crippen molar-refractivity contribution in [2.45, 2.75) is 26.3 Å². The third-order valence-electron chi connectivity index (χ3n) is 4.62. The molecule has 1 fully saturated rings. The van der Waals surface area contributed by atoms with Crippen molar-refractivity contribution in [2.24, 2.45) is 0 Å². The highest BCUT2D eigenvalue weighted by molar-refractivity contribution is 7.09. The summed E-state index contributed by atoms with van der Waals surface area (Å²) in [5, 5.41) is 0. The Labute approximate surface area is 136 Å². The average molecular weight is 316 g/mol. The van der Waals surface area contributed by atoms with E-state index in [1.54, 1.807) is 11.3 Å². The molecule has 1 saturated heterocycles. The molecule has 5 heteroatoms. The number of hydrogen-bond donors (Lipinski definition) is 0. The van der Waals surface area contributed by atoms with Crippen molar-refractivity contribution >= 4 is 11.3 Å². The van der Waals surface area contributed by atoms with Crippen LogP contribution in [-0.2, 0) is 6.42 Å². The van der Waals surface area contributed by atoms with Crippen molar-refractivity contribution in [1.29, 1.82) is 0 Å². The number of piperazine rings is 1. The molecule has 0 aliphatic carbocycles. The van der Waals surface area contributed by atoms with E-state index in [9.17, 15) is 0 Å². The summed E-state index contributed by atoms with van der Waals surface area (Å²) >= 11 is 1.79. The van der Waals surface area contributed by atoms with Crippen molar-refractivity contribution in [3.05, 3.63) is 46.2 Å². The number of rotatable bonds is 5. The molecule has 1 unspecified atom stereocenters. The summed E-state index contributed by atoms with van der Waals surface area (Å²) in [6, 6.07) is 4.66. The molecule has 0 spiro atoms. The molecule has 3 heterocycles. The number of hydrogen-bond acceptors (Lipinski definition) is 5. The Kier molecular flexibility index (Phi) is 5.18. The Balaban J connectivity index is 1.47. The van der Waals surface area contributed by atoms with E-state index in [4.69, 9.17) is 0 Å². The normalized spacial score (nSPS) is 18.5.